The van der Waals surface area contributed by atoms with Crippen molar-refractivity contribution in [1.82, 2.24) is 9.80 Å². The molecule has 0 radical (unpaired) electrons. The quantitative estimate of drug-likeness (QED) is 0.535. The molecule has 2 fully saturated rings. The number of carbonyl (C=O) groups is 2. The Morgan fingerprint density at radius 2 is 1.61 bits per heavy atom. The van der Waals surface area contributed by atoms with Crippen molar-refractivity contribution < 1.29 is 14.0 Å². The number of hydrogen-bond donors (Lipinski definition) is 1. The lowest BCUT2D eigenvalue weighted by atomic mass is 9.78. The van der Waals surface area contributed by atoms with E-state index >= 15 is 0 Å². The number of urea groups is 1. The van der Waals surface area contributed by atoms with Crippen molar-refractivity contribution in [2.45, 2.75) is 19.3 Å². The van der Waals surface area contributed by atoms with Crippen LogP contribution in [0.4, 0.5) is 10.5 Å². The summed E-state index contributed by atoms with van der Waals surface area (Å²) in [7, 11) is 0. The lowest BCUT2D eigenvalue weighted by Crippen LogP contribution is -2.46. The second kappa shape index (κ2) is 8.04. The highest BCUT2D eigenvalue weighted by Gasteiger charge is 2.43. The lowest BCUT2D eigenvalue weighted by Gasteiger charge is -2.39. The van der Waals surface area contributed by atoms with Gasteiger partial charge < -0.3 is 19.5 Å². The number of likely N-dealkylation sites (tertiary alicyclic amines) is 2. The molecule has 31 heavy (non-hydrogen) atoms. The molecule has 2 aliphatic heterocycles. The lowest BCUT2D eigenvalue weighted by molar-refractivity contribution is 0.0708. The first-order valence-corrected chi connectivity index (χ1v) is 11.4. The van der Waals surface area contributed by atoms with Crippen molar-refractivity contribution in [3.05, 3.63) is 65.0 Å². The summed E-state index contributed by atoms with van der Waals surface area (Å²) in [5.41, 5.74) is 0.932. The number of anilines is 1. The van der Waals surface area contributed by atoms with E-state index in [0.717, 1.165) is 48.8 Å². The standard InChI is InChI=1S/C24H24BrN3O3/c25-21-9-8-20(31-21)22(29)28-15-12-24(16-28)10-13-27(14-11-24)23(30)26-19-7-3-5-17-4-1-2-6-18(17)19/h1-9H,10-16H2,(H,26,30). The van der Waals surface area contributed by atoms with Gasteiger partial charge in [-0.2, -0.15) is 0 Å². The summed E-state index contributed by atoms with van der Waals surface area (Å²) < 4.78 is 6.00. The Morgan fingerprint density at radius 1 is 0.903 bits per heavy atom. The molecular weight excluding hydrogens is 458 g/mol. The first-order chi connectivity index (χ1) is 15.0. The Morgan fingerprint density at radius 3 is 2.35 bits per heavy atom. The van der Waals surface area contributed by atoms with Crippen LogP contribution in [-0.4, -0.2) is 47.9 Å². The van der Waals surface area contributed by atoms with Gasteiger partial charge in [0.05, 0.1) is 5.69 Å². The fourth-order valence-electron chi connectivity index (χ4n) is 4.81. The summed E-state index contributed by atoms with van der Waals surface area (Å²) in [5, 5.41) is 5.24. The Labute approximate surface area is 189 Å². The number of nitrogens with one attached hydrogen (secondary N) is 1. The summed E-state index contributed by atoms with van der Waals surface area (Å²) in [6.45, 7) is 2.86. The third-order valence-electron chi connectivity index (χ3n) is 6.65. The van der Waals surface area contributed by atoms with Gasteiger partial charge in [0.15, 0.2) is 10.4 Å². The topological polar surface area (TPSA) is 65.8 Å². The van der Waals surface area contributed by atoms with E-state index in [9.17, 15) is 9.59 Å². The molecule has 3 heterocycles. The highest BCUT2D eigenvalue weighted by Crippen LogP contribution is 2.41. The zero-order valence-electron chi connectivity index (χ0n) is 17.1. The molecule has 1 spiro atoms. The van der Waals surface area contributed by atoms with Crippen LogP contribution in [-0.2, 0) is 0 Å². The molecule has 0 unspecified atom stereocenters. The molecule has 5 rings (SSSR count). The summed E-state index contributed by atoms with van der Waals surface area (Å²) in [5.74, 6) is 0.314. The number of hydrogen-bond acceptors (Lipinski definition) is 3. The van der Waals surface area contributed by atoms with Crippen LogP contribution in [0.3, 0.4) is 0 Å². The number of nitrogens with zero attached hydrogens (tertiary/aromatic N) is 2. The molecule has 1 N–H and O–H groups in total. The summed E-state index contributed by atoms with van der Waals surface area (Å²) in [6.07, 6.45) is 2.78. The zero-order chi connectivity index (χ0) is 21.4. The Balaban J connectivity index is 1.20. The molecule has 3 amide bonds. The van der Waals surface area contributed by atoms with Gasteiger partial charge >= 0.3 is 6.03 Å². The number of furan rings is 1. The molecule has 2 aliphatic rings. The highest BCUT2D eigenvalue weighted by atomic mass is 79.9. The molecule has 0 bridgehead atoms. The number of piperidine rings is 1. The van der Waals surface area contributed by atoms with Crippen molar-refractivity contribution in [2.24, 2.45) is 5.41 Å². The van der Waals surface area contributed by atoms with E-state index in [2.05, 4.69) is 21.2 Å². The van der Waals surface area contributed by atoms with Gasteiger partial charge in [-0.25, -0.2) is 4.79 Å². The van der Waals surface area contributed by atoms with Crippen LogP contribution >= 0.6 is 15.9 Å². The Hall–Kier alpha value is -2.80. The van der Waals surface area contributed by atoms with E-state index in [-0.39, 0.29) is 17.4 Å². The van der Waals surface area contributed by atoms with Crippen LogP contribution in [0, 0.1) is 5.41 Å². The zero-order valence-corrected chi connectivity index (χ0v) is 18.7. The minimum absolute atomic E-state index is 0.0568. The summed E-state index contributed by atoms with van der Waals surface area (Å²) in [4.78, 5) is 29.4. The van der Waals surface area contributed by atoms with E-state index in [4.69, 9.17) is 4.42 Å². The maximum atomic E-state index is 12.9. The largest absolute Gasteiger partial charge is 0.444 e. The number of halogens is 1. The van der Waals surface area contributed by atoms with Gasteiger partial charge in [0.1, 0.15) is 0 Å². The van der Waals surface area contributed by atoms with Crippen LogP contribution in [0.5, 0.6) is 0 Å². The van der Waals surface area contributed by atoms with Crippen molar-refractivity contribution >= 4 is 44.3 Å². The minimum atomic E-state index is -0.0578. The van der Waals surface area contributed by atoms with E-state index in [1.807, 2.05) is 52.3 Å². The molecule has 160 valence electrons. The van der Waals surface area contributed by atoms with Gasteiger partial charge in [-0.1, -0.05) is 36.4 Å². The third-order valence-corrected chi connectivity index (χ3v) is 7.08. The summed E-state index contributed by atoms with van der Waals surface area (Å²) >= 11 is 3.26. The first kappa shape index (κ1) is 20.1. The Bertz CT molecular complexity index is 1130. The molecule has 3 aromatic rings. The third kappa shape index (κ3) is 3.94. The number of rotatable bonds is 2. The van der Waals surface area contributed by atoms with Gasteiger partial charge in [0.25, 0.3) is 5.91 Å². The van der Waals surface area contributed by atoms with Crippen molar-refractivity contribution in [2.75, 3.05) is 31.5 Å². The maximum absolute atomic E-state index is 12.9. The monoisotopic (exact) mass is 481 g/mol. The van der Waals surface area contributed by atoms with Gasteiger partial charge in [0.2, 0.25) is 0 Å². The number of benzene rings is 2. The predicted molar refractivity (Wildman–Crippen MR) is 123 cm³/mol. The van der Waals surface area contributed by atoms with E-state index in [1.165, 1.54) is 0 Å². The molecule has 0 atom stereocenters. The number of carbonyl (C=O) groups excluding carboxylic acids is 2. The molecule has 2 saturated heterocycles. The number of fused-ring (bicyclic) bond motifs is 1. The molecule has 0 aliphatic carbocycles. The second-order valence-electron chi connectivity index (χ2n) is 8.52. The van der Waals surface area contributed by atoms with Crippen LogP contribution in [0.25, 0.3) is 10.8 Å². The van der Waals surface area contributed by atoms with Crippen molar-refractivity contribution in [3.8, 4) is 0 Å². The van der Waals surface area contributed by atoms with Gasteiger partial charge in [-0.3, -0.25) is 4.79 Å². The van der Waals surface area contributed by atoms with E-state index < -0.39 is 0 Å². The molecular formula is C24H24BrN3O3. The molecule has 0 saturated carbocycles. The second-order valence-corrected chi connectivity index (χ2v) is 9.31. The normalized spacial score (nSPS) is 18.0. The predicted octanol–water partition coefficient (Wildman–Crippen LogP) is 5.36. The number of amides is 3. The summed E-state index contributed by atoms with van der Waals surface area (Å²) in [6, 6.07) is 17.4. The molecule has 1 aromatic heterocycles. The Kier molecular flexibility index (Phi) is 5.22. The molecule has 7 heteroatoms. The first-order valence-electron chi connectivity index (χ1n) is 10.6. The maximum Gasteiger partial charge on any atom is 0.321 e. The highest BCUT2D eigenvalue weighted by molar-refractivity contribution is 9.10. The fraction of sp³-hybridized carbons (Fsp3) is 0.333. The molecule has 2 aromatic carbocycles. The van der Waals surface area contributed by atoms with E-state index in [1.54, 1.807) is 12.1 Å². The van der Waals surface area contributed by atoms with Crippen LogP contribution in [0.1, 0.15) is 29.8 Å². The van der Waals surface area contributed by atoms with Crippen LogP contribution in [0.2, 0.25) is 0 Å². The van der Waals surface area contributed by atoms with Gasteiger partial charge in [-0.05, 0) is 64.2 Å². The fourth-order valence-corrected chi connectivity index (χ4v) is 5.12. The SMILES string of the molecule is O=C(Nc1cccc2ccccc12)N1CCC2(CC1)CCN(C(=O)c1ccc(Br)o1)C2. The van der Waals surface area contributed by atoms with Gasteiger partial charge in [-0.15, -0.1) is 0 Å². The van der Waals surface area contributed by atoms with Crippen molar-refractivity contribution in [3.63, 3.8) is 0 Å². The van der Waals surface area contributed by atoms with Crippen molar-refractivity contribution in [1.29, 1.82) is 0 Å². The average Bonchev–Trinajstić information content (AvgIpc) is 3.41. The average molecular weight is 482 g/mol. The van der Waals surface area contributed by atoms with Crippen LogP contribution in [0.15, 0.2) is 63.7 Å². The van der Waals surface area contributed by atoms with Gasteiger partial charge in [0, 0.05) is 31.6 Å². The molecule has 6 nitrogen and oxygen atoms in total. The van der Waals surface area contributed by atoms with Crippen LogP contribution < -0.4 is 5.32 Å². The van der Waals surface area contributed by atoms with E-state index in [0.29, 0.717) is 23.5 Å². The smallest absolute Gasteiger partial charge is 0.321 e. The minimum Gasteiger partial charge on any atom is -0.444 e.